The number of benzene rings is 2. The molecule has 3 atom stereocenters. The van der Waals surface area contributed by atoms with Gasteiger partial charge in [0.2, 0.25) is 0 Å². The van der Waals surface area contributed by atoms with E-state index in [0.717, 1.165) is 57.7 Å². The van der Waals surface area contributed by atoms with Gasteiger partial charge in [-0.2, -0.15) is 4.89 Å². The molecular formula is C30H42N2O4. The molecule has 36 heavy (non-hydrogen) atoms. The summed E-state index contributed by atoms with van der Waals surface area (Å²) in [5, 5.41) is 11.6. The zero-order valence-corrected chi connectivity index (χ0v) is 21.7. The zero-order valence-electron chi connectivity index (χ0n) is 21.7. The number of methoxy groups -OCH3 is 1. The highest BCUT2D eigenvalue weighted by molar-refractivity contribution is 5.36. The summed E-state index contributed by atoms with van der Waals surface area (Å²) in [5.41, 5.74) is 3.71. The van der Waals surface area contributed by atoms with Gasteiger partial charge in [-0.05, 0) is 48.9 Å². The summed E-state index contributed by atoms with van der Waals surface area (Å²) >= 11 is 0. The zero-order chi connectivity index (χ0) is 24.7. The smallest absolute Gasteiger partial charge is 0.170 e. The van der Waals surface area contributed by atoms with E-state index in [9.17, 15) is 5.11 Å². The van der Waals surface area contributed by atoms with Crippen molar-refractivity contribution in [2.45, 2.75) is 63.2 Å². The molecule has 6 nitrogen and oxygen atoms in total. The lowest BCUT2D eigenvalue weighted by Crippen LogP contribution is -2.49. The van der Waals surface area contributed by atoms with Crippen molar-refractivity contribution in [3.8, 4) is 5.75 Å². The van der Waals surface area contributed by atoms with E-state index >= 15 is 0 Å². The fourth-order valence-electron chi connectivity index (χ4n) is 6.50. The number of rotatable bonds is 9. The van der Waals surface area contributed by atoms with Crippen molar-refractivity contribution in [1.82, 2.24) is 9.80 Å². The SMILES string of the molecule is COCc1ccccc1C(CCN1CCN(C2COOc3ccccc32)CC1)C(O)C1CCCCC1. The van der Waals surface area contributed by atoms with Crippen LogP contribution in [0.5, 0.6) is 5.75 Å². The molecule has 3 unspecified atom stereocenters. The molecule has 2 aliphatic heterocycles. The number of nitrogens with zero attached hydrogens (tertiary/aromatic N) is 2. The average Bonchev–Trinajstić information content (AvgIpc) is 2.94. The lowest BCUT2D eigenvalue weighted by atomic mass is 9.76. The monoisotopic (exact) mass is 494 g/mol. The van der Waals surface area contributed by atoms with Crippen molar-refractivity contribution in [1.29, 1.82) is 0 Å². The molecule has 5 rings (SSSR count). The summed E-state index contributed by atoms with van der Waals surface area (Å²) in [5.74, 6) is 1.39. The van der Waals surface area contributed by atoms with Crippen molar-refractivity contribution in [3.63, 3.8) is 0 Å². The average molecular weight is 495 g/mol. The molecule has 1 saturated heterocycles. The molecule has 0 spiro atoms. The molecule has 0 aromatic heterocycles. The summed E-state index contributed by atoms with van der Waals surface area (Å²) in [6, 6.07) is 17.0. The van der Waals surface area contributed by atoms with Gasteiger partial charge in [0.1, 0.15) is 6.61 Å². The fourth-order valence-corrected chi connectivity index (χ4v) is 6.50. The summed E-state index contributed by atoms with van der Waals surface area (Å²) < 4.78 is 5.52. The number of aliphatic hydroxyl groups excluding tert-OH is 1. The second-order valence-corrected chi connectivity index (χ2v) is 10.7. The summed E-state index contributed by atoms with van der Waals surface area (Å²) in [7, 11) is 1.75. The van der Waals surface area contributed by atoms with Crippen LogP contribution in [0.2, 0.25) is 0 Å². The lowest BCUT2D eigenvalue weighted by molar-refractivity contribution is -0.233. The number of ether oxygens (including phenoxy) is 1. The van der Waals surface area contributed by atoms with Crippen LogP contribution < -0.4 is 4.89 Å². The van der Waals surface area contributed by atoms with Gasteiger partial charge in [-0.25, -0.2) is 0 Å². The Labute approximate surface area is 216 Å². The highest BCUT2D eigenvalue weighted by Gasteiger charge is 2.33. The first-order valence-electron chi connectivity index (χ1n) is 13.8. The minimum absolute atomic E-state index is 0.147. The Morgan fingerprint density at radius 3 is 2.53 bits per heavy atom. The number of para-hydroxylation sites is 1. The number of fused-ring (bicyclic) bond motifs is 1. The van der Waals surface area contributed by atoms with E-state index in [0.29, 0.717) is 19.1 Å². The van der Waals surface area contributed by atoms with Crippen LogP contribution >= 0.6 is 0 Å². The fraction of sp³-hybridized carbons (Fsp3) is 0.600. The molecule has 2 aromatic carbocycles. The minimum Gasteiger partial charge on any atom is -0.392 e. The van der Waals surface area contributed by atoms with Crippen LogP contribution in [0.3, 0.4) is 0 Å². The van der Waals surface area contributed by atoms with E-state index in [2.05, 4.69) is 46.2 Å². The molecule has 0 amide bonds. The molecule has 6 heteroatoms. The Hall–Kier alpha value is -1.96. The Morgan fingerprint density at radius 2 is 1.72 bits per heavy atom. The van der Waals surface area contributed by atoms with Gasteiger partial charge in [-0.1, -0.05) is 61.7 Å². The number of aliphatic hydroxyl groups is 1. The molecule has 196 valence electrons. The molecule has 0 radical (unpaired) electrons. The van der Waals surface area contributed by atoms with Crippen LogP contribution in [-0.2, 0) is 16.2 Å². The standard InChI is InChI=1S/C30H42N2O4/c1-34-21-24-11-5-6-12-25(24)26(30(33)23-9-3-2-4-10-23)15-16-31-17-19-32(20-18-31)28-22-35-36-29-14-8-7-13-27(28)29/h5-8,11-14,23,26,28,30,33H,2-4,9-10,15-22H2,1H3. The molecule has 1 N–H and O–H groups in total. The quantitative estimate of drug-likeness (QED) is 0.499. The third-order valence-electron chi connectivity index (χ3n) is 8.56. The van der Waals surface area contributed by atoms with Crippen LogP contribution in [0.4, 0.5) is 0 Å². The van der Waals surface area contributed by atoms with Gasteiger partial charge in [-0.15, -0.1) is 0 Å². The largest absolute Gasteiger partial charge is 0.392 e. The number of hydrogen-bond acceptors (Lipinski definition) is 6. The molecule has 1 saturated carbocycles. The normalized spacial score (nSPS) is 23.6. The number of piperazine rings is 1. The first-order valence-corrected chi connectivity index (χ1v) is 13.8. The van der Waals surface area contributed by atoms with Crippen LogP contribution in [0.1, 0.15) is 67.2 Å². The van der Waals surface area contributed by atoms with Gasteiger partial charge in [0, 0.05) is 44.8 Å². The molecule has 1 aliphatic carbocycles. The first-order chi connectivity index (χ1) is 17.7. The molecule has 3 aliphatic rings. The lowest BCUT2D eigenvalue weighted by Gasteiger charge is -2.41. The Balaban J connectivity index is 1.23. The van der Waals surface area contributed by atoms with Crippen LogP contribution in [0.15, 0.2) is 48.5 Å². The molecular weight excluding hydrogens is 452 g/mol. The summed E-state index contributed by atoms with van der Waals surface area (Å²) in [6.07, 6.45) is 6.78. The topological polar surface area (TPSA) is 54.4 Å². The van der Waals surface area contributed by atoms with Crippen LogP contribution in [0.25, 0.3) is 0 Å². The van der Waals surface area contributed by atoms with Gasteiger partial charge in [0.25, 0.3) is 0 Å². The third kappa shape index (κ3) is 5.95. The maximum Gasteiger partial charge on any atom is 0.170 e. The third-order valence-corrected chi connectivity index (χ3v) is 8.56. The molecule has 2 fully saturated rings. The first kappa shape index (κ1) is 25.7. The number of hydrogen-bond donors (Lipinski definition) is 1. The maximum absolute atomic E-state index is 11.6. The Morgan fingerprint density at radius 1 is 0.972 bits per heavy atom. The molecule has 2 aromatic rings. The highest BCUT2D eigenvalue weighted by Crippen LogP contribution is 2.37. The second-order valence-electron chi connectivity index (χ2n) is 10.7. The predicted octanol–water partition coefficient (Wildman–Crippen LogP) is 4.93. The summed E-state index contributed by atoms with van der Waals surface area (Å²) in [4.78, 5) is 15.9. The molecule has 2 heterocycles. The second kappa shape index (κ2) is 12.5. The van der Waals surface area contributed by atoms with Gasteiger partial charge < -0.3 is 19.6 Å². The minimum atomic E-state index is -0.291. The van der Waals surface area contributed by atoms with E-state index in [1.165, 1.54) is 36.0 Å². The van der Waals surface area contributed by atoms with Crippen LogP contribution in [0, 0.1) is 5.92 Å². The van der Waals surface area contributed by atoms with E-state index in [1.54, 1.807) is 7.11 Å². The van der Waals surface area contributed by atoms with Gasteiger partial charge in [0.15, 0.2) is 5.75 Å². The van der Waals surface area contributed by atoms with Gasteiger partial charge in [0.05, 0.1) is 18.8 Å². The Bertz CT molecular complexity index is 955. The predicted molar refractivity (Wildman–Crippen MR) is 141 cm³/mol. The highest BCUT2D eigenvalue weighted by atomic mass is 17.2. The Kier molecular flexibility index (Phi) is 8.93. The van der Waals surface area contributed by atoms with Crippen molar-refractivity contribution in [2.75, 3.05) is 46.4 Å². The maximum atomic E-state index is 11.6. The van der Waals surface area contributed by atoms with E-state index in [-0.39, 0.29) is 18.1 Å². The van der Waals surface area contributed by atoms with Gasteiger partial charge in [-0.3, -0.25) is 4.90 Å². The van der Waals surface area contributed by atoms with E-state index < -0.39 is 0 Å². The van der Waals surface area contributed by atoms with Gasteiger partial charge >= 0.3 is 0 Å². The van der Waals surface area contributed by atoms with Crippen LogP contribution in [-0.4, -0.2) is 67.5 Å². The van der Waals surface area contributed by atoms with E-state index in [1.807, 2.05) is 12.1 Å². The van der Waals surface area contributed by atoms with Crippen molar-refractivity contribution in [3.05, 3.63) is 65.2 Å². The van der Waals surface area contributed by atoms with Crippen molar-refractivity contribution >= 4 is 0 Å². The van der Waals surface area contributed by atoms with Crippen molar-refractivity contribution in [2.24, 2.45) is 5.92 Å². The molecule has 0 bridgehead atoms. The summed E-state index contributed by atoms with van der Waals surface area (Å²) in [6.45, 7) is 6.26. The van der Waals surface area contributed by atoms with E-state index in [4.69, 9.17) is 14.5 Å². The van der Waals surface area contributed by atoms with Crippen molar-refractivity contribution < 1.29 is 19.6 Å².